The molecular weight excluding hydrogens is 467 g/mol. The molecule has 8 nitrogen and oxygen atoms in total. The van der Waals surface area contributed by atoms with Crippen molar-refractivity contribution in [2.75, 3.05) is 26.3 Å². The average molecular weight is 488 g/mol. The summed E-state index contributed by atoms with van der Waals surface area (Å²) >= 11 is 1.04. The van der Waals surface area contributed by atoms with E-state index in [0.29, 0.717) is 44.2 Å². The predicted octanol–water partition coefficient (Wildman–Crippen LogP) is 3.18. The molecule has 1 saturated heterocycles. The lowest BCUT2D eigenvalue weighted by Gasteiger charge is -2.26. The molecule has 0 bridgehead atoms. The Balaban J connectivity index is 1.60. The number of rotatable bonds is 6. The van der Waals surface area contributed by atoms with E-state index in [1.165, 1.54) is 10.4 Å². The first kappa shape index (κ1) is 23.0. The summed E-state index contributed by atoms with van der Waals surface area (Å²) in [5, 5.41) is -0.00915. The van der Waals surface area contributed by atoms with Crippen LogP contribution in [0.4, 0.5) is 13.2 Å². The zero-order valence-electron chi connectivity index (χ0n) is 17.0. The molecule has 0 aliphatic carbocycles. The van der Waals surface area contributed by atoms with Gasteiger partial charge >= 0.3 is 6.18 Å². The molecule has 0 radical (unpaired) electrons. The highest BCUT2D eigenvalue weighted by Gasteiger charge is 2.33. The Morgan fingerprint density at radius 2 is 1.91 bits per heavy atom. The van der Waals surface area contributed by atoms with Gasteiger partial charge in [-0.15, -0.1) is 0 Å². The van der Waals surface area contributed by atoms with E-state index >= 15 is 0 Å². The number of morpholine rings is 1. The van der Waals surface area contributed by atoms with Crippen LogP contribution < -0.4 is 0 Å². The normalized spacial score (nSPS) is 16.0. The highest BCUT2D eigenvalue weighted by molar-refractivity contribution is 7.98. The highest BCUT2D eigenvalue weighted by atomic mass is 32.2. The lowest BCUT2D eigenvalue weighted by molar-refractivity contribution is -0.141. The van der Waals surface area contributed by atoms with Gasteiger partial charge in [0, 0.05) is 25.8 Å². The van der Waals surface area contributed by atoms with Crippen molar-refractivity contribution in [3.8, 4) is 0 Å². The van der Waals surface area contributed by atoms with E-state index in [4.69, 9.17) is 4.74 Å². The van der Waals surface area contributed by atoms with Crippen LogP contribution in [0.2, 0.25) is 0 Å². The number of sulfonamides is 1. The van der Waals surface area contributed by atoms with E-state index in [-0.39, 0.29) is 15.8 Å². The molecule has 3 aromatic rings. The summed E-state index contributed by atoms with van der Waals surface area (Å²) in [4.78, 5) is 12.1. The summed E-state index contributed by atoms with van der Waals surface area (Å²) in [6.45, 7) is 3.76. The van der Waals surface area contributed by atoms with Crippen LogP contribution in [0, 0.1) is 0 Å². The summed E-state index contributed by atoms with van der Waals surface area (Å²) in [5.41, 5.74) is 0.243. The van der Waals surface area contributed by atoms with Crippen molar-refractivity contribution in [2.24, 2.45) is 0 Å². The van der Waals surface area contributed by atoms with Crippen molar-refractivity contribution < 1.29 is 26.3 Å². The van der Waals surface area contributed by atoms with E-state index in [1.54, 1.807) is 12.1 Å². The quantitative estimate of drug-likeness (QED) is 0.390. The summed E-state index contributed by atoms with van der Waals surface area (Å²) in [7, 11) is -3.67. The number of aromatic nitrogens is 4. The summed E-state index contributed by atoms with van der Waals surface area (Å²) in [6.07, 6.45) is -3.47. The minimum Gasteiger partial charge on any atom is -0.379 e. The van der Waals surface area contributed by atoms with Gasteiger partial charge in [0.05, 0.1) is 34.9 Å². The minimum atomic E-state index is -4.54. The predicted molar refractivity (Wildman–Crippen MR) is 112 cm³/mol. The molecular formula is C19H20F3N5O3S2. The summed E-state index contributed by atoms with van der Waals surface area (Å²) in [5.74, 6) is 0.824. The van der Waals surface area contributed by atoms with E-state index in [1.807, 2.05) is 11.5 Å². The molecule has 0 unspecified atom stereocenters. The molecule has 172 valence electrons. The number of fused-ring (bicyclic) bond motifs is 1. The van der Waals surface area contributed by atoms with Crippen LogP contribution in [0.25, 0.3) is 11.0 Å². The third-order valence-corrected chi connectivity index (χ3v) is 7.73. The van der Waals surface area contributed by atoms with Crippen molar-refractivity contribution in [1.29, 1.82) is 0 Å². The number of alkyl halides is 3. The number of hydrogen-bond donors (Lipinski definition) is 0. The molecule has 2 aromatic heterocycles. The Kier molecular flexibility index (Phi) is 6.43. The number of imidazole rings is 1. The van der Waals surface area contributed by atoms with Gasteiger partial charge in [0.15, 0.2) is 5.16 Å². The SMILES string of the molecule is CCn1c(CSc2nccc(C(F)(F)F)n2)nc2cc(S(=O)(=O)N3CCOCC3)ccc21. The standard InChI is InChI=1S/C19H20F3N5O3S2/c1-2-27-15-4-3-13(32(28,29)26-7-9-30-10-8-26)11-14(15)24-17(27)12-31-18-23-6-5-16(25-18)19(20,21)22/h3-6,11H,2,7-10,12H2,1H3. The molecule has 0 saturated carbocycles. The Labute approximate surface area is 186 Å². The molecule has 13 heteroatoms. The maximum atomic E-state index is 12.9. The maximum Gasteiger partial charge on any atom is 0.433 e. The van der Waals surface area contributed by atoms with Crippen LogP contribution in [0.15, 0.2) is 40.5 Å². The van der Waals surface area contributed by atoms with Crippen molar-refractivity contribution >= 4 is 32.8 Å². The number of benzene rings is 1. The molecule has 0 amide bonds. The van der Waals surface area contributed by atoms with Crippen LogP contribution in [0.1, 0.15) is 18.4 Å². The van der Waals surface area contributed by atoms with E-state index < -0.39 is 21.9 Å². The van der Waals surface area contributed by atoms with Gasteiger partial charge in [-0.3, -0.25) is 0 Å². The van der Waals surface area contributed by atoms with Crippen molar-refractivity contribution in [2.45, 2.75) is 35.4 Å². The number of aryl methyl sites for hydroxylation is 1. The van der Waals surface area contributed by atoms with Gasteiger partial charge in [-0.1, -0.05) is 11.8 Å². The Morgan fingerprint density at radius 3 is 2.59 bits per heavy atom. The summed E-state index contributed by atoms with van der Waals surface area (Å²) < 4.78 is 73.0. The van der Waals surface area contributed by atoms with Gasteiger partial charge in [-0.05, 0) is 31.2 Å². The molecule has 1 fully saturated rings. The first-order chi connectivity index (χ1) is 15.2. The second-order valence-corrected chi connectivity index (χ2v) is 9.83. The summed E-state index contributed by atoms with van der Waals surface area (Å²) in [6, 6.07) is 5.60. The zero-order chi connectivity index (χ0) is 22.9. The monoisotopic (exact) mass is 487 g/mol. The Bertz CT molecular complexity index is 1220. The van der Waals surface area contributed by atoms with E-state index in [9.17, 15) is 21.6 Å². The fraction of sp³-hybridized carbons (Fsp3) is 0.421. The largest absolute Gasteiger partial charge is 0.433 e. The van der Waals surface area contributed by atoms with E-state index in [0.717, 1.165) is 29.5 Å². The fourth-order valence-corrected chi connectivity index (χ4v) is 5.62. The van der Waals surface area contributed by atoms with Crippen LogP contribution >= 0.6 is 11.8 Å². The molecule has 0 spiro atoms. The smallest absolute Gasteiger partial charge is 0.379 e. The van der Waals surface area contributed by atoms with Crippen molar-refractivity contribution in [1.82, 2.24) is 23.8 Å². The molecule has 0 atom stereocenters. The lowest BCUT2D eigenvalue weighted by atomic mass is 10.3. The number of hydrogen-bond acceptors (Lipinski definition) is 7. The van der Waals surface area contributed by atoms with Crippen LogP contribution in [-0.2, 0) is 33.2 Å². The molecule has 4 rings (SSSR count). The van der Waals surface area contributed by atoms with Gasteiger partial charge in [-0.2, -0.15) is 17.5 Å². The topological polar surface area (TPSA) is 90.2 Å². The number of nitrogens with zero attached hydrogens (tertiary/aromatic N) is 5. The third kappa shape index (κ3) is 4.60. The number of halogens is 3. The number of ether oxygens (including phenoxy) is 1. The molecule has 1 aromatic carbocycles. The van der Waals surface area contributed by atoms with Gasteiger partial charge in [-0.25, -0.2) is 23.4 Å². The second kappa shape index (κ2) is 8.96. The van der Waals surface area contributed by atoms with Crippen LogP contribution in [-0.4, -0.2) is 58.5 Å². The molecule has 32 heavy (non-hydrogen) atoms. The Hall–Kier alpha value is -2.22. The first-order valence-electron chi connectivity index (χ1n) is 9.80. The van der Waals surface area contributed by atoms with Crippen LogP contribution in [0.3, 0.4) is 0 Å². The van der Waals surface area contributed by atoms with Crippen molar-refractivity contribution in [3.63, 3.8) is 0 Å². The number of thioether (sulfide) groups is 1. The first-order valence-corrected chi connectivity index (χ1v) is 12.2. The molecule has 1 aliphatic rings. The molecule has 0 N–H and O–H groups in total. The van der Waals surface area contributed by atoms with Gasteiger partial charge in [0.2, 0.25) is 10.0 Å². The second-order valence-electron chi connectivity index (χ2n) is 6.95. The van der Waals surface area contributed by atoms with Gasteiger partial charge in [0.25, 0.3) is 0 Å². The maximum absolute atomic E-state index is 12.9. The van der Waals surface area contributed by atoms with Gasteiger partial charge in [0.1, 0.15) is 11.5 Å². The third-order valence-electron chi connectivity index (χ3n) is 4.98. The minimum absolute atomic E-state index is 0.00915. The Morgan fingerprint density at radius 1 is 1.16 bits per heavy atom. The average Bonchev–Trinajstić information content (AvgIpc) is 3.14. The molecule has 1 aliphatic heterocycles. The van der Waals surface area contributed by atoms with Gasteiger partial charge < -0.3 is 9.30 Å². The fourth-order valence-electron chi connectivity index (χ4n) is 3.42. The van der Waals surface area contributed by atoms with E-state index in [2.05, 4.69) is 15.0 Å². The zero-order valence-corrected chi connectivity index (χ0v) is 18.7. The molecule has 3 heterocycles. The highest BCUT2D eigenvalue weighted by Crippen LogP contribution is 2.30. The van der Waals surface area contributed by atoms with Crippen LogP contribution in [0.5, 0.6) is 0 Å². The van der Waals surface area contributed by atoms with Crippen molar-refractivity contribution in [3.05, 3.63) is 42.0 Å². The lowest BCUT2D eigenvalue weighted by Crippen LogP contribution is -2.40.